The summed E-state index contributed by atoms with van der Waals surface area (Å²) in [5.41, 5.74) is 2.02. The first-order chi connectivity index (χ1) is 10.5. The Morgan fingerprint density at radius 2 is 2.05 bits per heavy atom. The standard InChI is InChI=1S/C16H17N5O/c1-10(2)18-16-19-11(3)7-14(21-16)15(22)20-13-6-4-5-12(8-13)9-17/h4-8,10H,1-3H3,(H,20,22)(H,18,19,21). The quantitative estimate of drug-likeness (QED) is 0.905. The molecular weight excluding hydrogens is 278 g/mol. The minimum Gasteiger partial charge on any atom is -0.352 e. The number of hydrogen-bond donors (Lipinski definition) is 2. The van der Waals surface area contributed by atoms with E-state index in [2.05, 4.69) is 20.6 Å². The average Bonchev–Trinajstić information content (AvgIpc) is 2.46. The Kier molecular flexibility index (Phi) is 4.69. The van der Waals surface area contributed by atoms with E-state index >= 15 is 0 Å². The van der Waals surface area contributed by atoms with Crippen LogP contribution in [0.5, 0.6) is 0 Å². The third kappa shape index (κ3) is 4.03. The topological polar surface area (TPSA) is 90.7 Å². The number of amides is 1. The highest BCUT2D eigenvalue weighted by Gasteiger charge is 2.11. The molecule has 0 saturated heterocycles. The molecule has 6 heteroatoms. The zero-order valence-corrected chi connectivity index (χ0v) is 12.7. The second kappa shape index (κ2) is 6.68. The molecule has 0 atom stereocenters. The fourth-order valence-corrected chi connectivity index (χ4v) is 1.87. The van der Waals surface area contributed by atoms with Crippen LogP contribution >= 0.6 is 0 Å². The van der Waals surface area contributed by atoms with Gasteiger partial charge in [0.05, 0.1) is 11.6 Å². The number of benzene rings is 1. The molecule has 1 aromatic heterocycles. The van der Waals surface area contributed by atoms with Crippen LogP contribution in [0.1, 0.15) is 35.6 Å². The second-order valence-electron chi connectivity index (χ2n) is 5.16. The molecule has 0 saturated carbocycles. The summed E-state index contributed by atoms with van der Waals surface area (Å²) in [4.78, 5) is 20.8. The maximum Gasteiger partial charge on any atom is 0.274 e. The van der Waals surface area contributed by atoms with Crippen LogP contribution in [0.4, 0.5) is 11.6 Å². The molecule has 0 radical (unpaired) electrons. The Hall–Kier alpha value is -2.94. The predicted octanol–water partition coefficient (Wildman–Crippen LogP) is 2.73. The van der Waals surface area contributed by atoms with Crippen molar-refractivity contribution in [3.63, 3.8) is 0 Å². The highest BCUT2D eigenvalue weighted by Crippen LogP contribution is 2.12. The van der Waals surface area contributed by atoms with Crippen molar-refractivity contribution in [2.75, 3.05) is 10.6 Å². The van der Waals surface area contributed by atoms with Gasteiger partial charge in [-0.15, -0.1) is 0 Å². The van der Waals surface area contributed by atoms with Gasteiger partial charge in [0.25, 0.3) is 5.91 Å². The maximum absolute atomic E-state index is 12.3. The average molecular weight is 295 g/mol. The molecular formula is C16H17N5O. The van der Waals surface area contributed by atoms with E-state index in [9.17, 15) is 4.79 Å². The van der Waals surface area contributed by atoms with Crippen LogP contribution in [-0.4, -0.2) is 21.9 Å². The van der Waals surface area contributed by atoms with E-state index in [0.717, 1.165) is 0 Å². The van der Waals surface area contributed by atoms with Crippen LogP contribution in [-0.2, 0) is 0 Å². The van der Waals surface area contributed by atoms with Crippen LogP contribution in [0.25, 0.3) is 0 Å². The molecule has 0 bridgehead atoms. The summed E-state index contributed by atoms with van der Waals surface area (Å²) >= 11 is 0. The Morgan fingerprint density at radius 1 is 1.27 bits per heavy atom. The molecule has 6 nitrogen and oxygen atoms in total. The van der Waals surface area contributed by atoms with E-state index in [1.165, 1.54) is 0 Å². The van der Waals surface area contributed by atoms with Crippen LogP contribution in [0.15, 0.2) is 30.3 Å². The van der Waals surface area contributed by atoms with Crippen molar-refractivity contribution in [1.82, 2.24) is 9.97 Å². The smallest absolute Gasteiger partial charge is 0.274 e. The normalized spacial score (nSPS) is 10.1. The number of aromatic nitrogens is 2. The molecule has 2 rings (SSSR count). The number of hydrogen-bond acceptors (Lipinski definition) is 5. The van der Waals surface area contributed by atoms with E-state index in [1.807, 2.05) is 19.9 Å². The number of aryl methyl sites for hydroxylation is 1. The third-order valence-corrected chi connectivity index (χ3v) is 2.75. The van der Waals surface area contributed by atoms with Gasteiger partial charge in [-0.05, 0) is 45.0 Å². The minimum absolute atomic E-state index is 0.171. The van der Waals surface area contributed by atoms with Crippen molar-refractivity contribution in [2.45, 2.75) is 26.8 Å². The van der Waals surface area contributed by atoms with Crippen molar-refractivity contribution in [3.8, 4) is 6.07 Å². The zero-order chi connectivity index (χ0) is 16.1. The molecule has 0 aliphatic rings. The monoisotopic (exact) mass is 295 g/mol. The summed E-state index contributed by atoms with van der Waals surface area (Å²) in [5, 5.41) is 14.7. The van der Waals surface area contributed by atoms with Crippen molar-refractivity contribution in [2.24, 2.45) is 0 Å². The lowest BCUT2D eigenvalue weighted by Gasteiger charge is -2.11. The largest absolute Gasteiger partial charge is 0.352 e. The zero-order valence-electron chi connectivity index (χ0n) is 12.7. The summed E-state index contributed by atoms with van der Waals surface area (Å²) in [7, 11) is 0. The minimum atomic E-state index is -0.340. The van der Waals surface area contributed by atoms with Gasteiger partial charge in [-0.2, -0.15) is 5.26 Å². The number of nitrogens with zero attached hydrogens (tertiary/aromatic N) is 3. The highest BCUT2D eigenvalue weighted by atomic mass is 16.1. The highest BCUT2D eigenvalue weighted by molar-refractivity contribution is 6.03. The van der Waals surface area contributed by atoms with Gasteiger partial charge in [-0.3, -0.25) is 4.79 Å². The Morgan fingerprint density at radius 3 is 2.73 bits per heavy atom. The molecule has 0 unspecified atom stereocenters. The molecule has 1 heterocycles. The predicted molar refractivity (Wildman–Crippen MR) is 84.6 cm³/mol. The number of carbonyl (C=O) groups excluding carboxylic acids is 1. The van der Waals surface area contributed by atoms with Crippen molar-refractivity contribution < 1.29 is 4.79 Å². The van der Waals surface area contributed by atoms with E-state index in [0.29, 0.717) is 22.9 Å². The van der Waals surface area contributed by atoms with E-state index in [-0.39, 0.29) is 17.6 Å². The summed E-state index contributed by atoms with van der Waals surface area (Å²) in [6.45, 7) is 5.75. The SMILES string of the molecule is Cc1cc(C(=O)Nc2cccc(C#N)c2)nc(NC(C)C)n1. The van der Waals surface area contributed by atoms with Crippen LogP contribution < -0.4 is 10.6 Å². The maximum atomic E-state index is 12.3. The van der Waals surface area contributed by atoms with Crippen LogP contribution in [0, 0.1) is 18.3 Å². The number of anilines is 2. The Bertz CT molecular complexity index is 734. The van der Waals surface area contributed by atoms with Gasteiger partial charge < -0.3 is 10.6 Å². The van der Waals surface area contributed by atoms with E-state index in [1.54, 1.807) is 37.3 Å². The first kappa shape index (κ1) is 15.4. The summed E-state index contributed by atoms with van der Waals surface area (Å²) in [6.07, 6.45) is 0. The lowest BCUT2D eigenvalue weighted by atomic mass is 10.2. The number of carbonyl (C=O) groups is 1. The van der Waals surface area contributed by atoms with Gasteiger partial charge in [0, 0.05) is 17.4 Å². The fourth-order valence-electron chi connectivity index (χ4n) is 1.87. The van der Waals surface area contributed by atoms with Gasteiger partial charge in [0.1, 0.15) is 5.69 Å². The molecule has 0 aliphatic carbocycles. The number of nitrogens with one attached hydrogen (secondary N) is 2. The second-order valence-corrected chi connectivity index (χ2v) is 5.16. The molecule has 0 fully saturated rings. The van der Waals surface area contributed by atoms with Gasteiger partial charge in [0.2, 0.25) is 5.95 Å². The molecule has 0 aliphatic heterocycles. The molecule has 22 heavy (non-hydrogen) atoms. The lowest BCUT2D eigenvalue weighted by Crippen LogP contribution is -2.18. The van der Waals surface area contributed by atoms with Crippen molar-refractivity contribution >= 4 is 17.5 Å². The van der Waals surface area contributed by atoms with Crippen molar-refractivity contribution in [3.05, 3.63) is 47.3 Å². The molecule has 1 amide bonds. The molecule has 1 aromatic carbocycles. The van der Waals surface area contributed by atoms with E-state index < -0.39 is 0 Å². The van der Waals surface area contributed by atoms with Gasteiger partial charge in [-0.25, -0.2) is 9.97 Å². The molecule has 2 aromatic rings. The van der Waals surface area contributed by atoms with Crippen molar-refractivity contribution in [1.29, 1.82) is 5.26 Å². The first-order valence-corrected chi connectivity index (χ1v) is 6.91. The first-order valence-electron chi connectivity index (χ1n) is 6.91. The number of nitriles is 1. The van der Waals surface area contributed by atoms with Gasteiger partial charge in [-0.1, -0.05) is 6.07 Å². The Balaban J connectivity index is 2.22. The van der Waals surface area contributed by atoms with Crippen LogP contribution in [0.3, 0.4) is 0 Å². The number of rotatable bonds is 4. The molecule has 0 spiro atoms. The Labute approximate surface area is 129 Å². The van der Waals surface area contributed by atoms with Gasteiger partial charge in [0.15, 0.2) is 0 Å². The van der Waals surface area contributed by atoms with E-state index in [4.69, 9.17) is 5.26 Å². The molecule has 112 valence electrons. The summed E-state index contributed by atoms with van der Waals surface area (Å²) < 4.78 is 0. The third-order valence-electron chi connectivity index (χ3n) is 2.75. The molecule has 2 N–H and O–H groups in total. The summed E-state index contributed by atoms with van der Waals surface area (Å²) in [6, 6.07) is 10.5. The van der Waals surface area contributed by atoms with Gasteiger partial charge >= 0.3 is 0 Å². The fraction of sp³-hybridized carbons (Fsp3) is 0.250. The summed E-state index contributed by atoms with van der Waals surface area (Å²) in [5.74, 6) is 0.0818. The van der Waals surface area contributed by atoms with Crippen LogP contribution in [0.2, 0.25) is 0 Å². The lowest BCUT2D eigenvalue weighted by molar-refractivity contribution is 0.102.